The van der Waals surface area contributed by atoms with Crippen molar-refractivity contribution in [3.8, 4) is 15.4 Å². The van der Waals surface area contributed by atoms with E-state index in [0.717, 1.165) is 48.3 Å². The number of ketones is 1. The first-order chi connectivity index (χ1) is 32.7. The molecule has 7 rings (SSSR count). The molecule has 2 aliphatic heterocycles. The van der Waals surface area contributed by atoms with Crippen molar-refractivity contribution in [3.63, 3.8) is 0 Å². The highest BCUT2D eigenvalue weighted by Gasteiger charge is 2.44. The maximum atomic E-state index is 14.0. The molecule has 0 bridgehead atoms. The lowest BCUT2D eigenvalue weighted by atomic mass is 9.85. The number of aliphatic hydroxyl groups is 1. The minimum atomic E-state index is -3.61. The number of rotatable bonds is 19. The number of aliphatic imine (C=N–C) groups is 1. The van der Waals surface area contributed by atoms with Crippen LogP contribution in [0.15, 0.2) is 59.0 Å². The van der Waals surface area contributed by atoms with Gasteiger partial charge in [0.05, 0.1) is 51.9 Å². The van der Waals surface area contributed by atoms with Crippen LogP contribution >= 0.6 is 34.3 Å². The summed E-state index contributed by atoms with van der Waals surface area (Å²) in [6, 6.07) is 12.8. The molecular formula is C49H59ClN8O8S3. The maximum absolute atomic E-state index is 14.0. The first-order valence-corrected chi connectivity index (χ1v) is 26.8. The Morgan fingerprint density at radius 1 is 0.971 bits per heavy atom. The monoisotopic (exact) mass is 1020 g/mol. The molecule has 0 radical (unpaired) electrons. The van der Waals surface area contributed by atoms with Gasteiger partial charge in [-0.25, -0.2) is 13.4 Å². The van der Waals surface area contributed by atoms with Crippen LogP contribution in [-0.4, -0.2) is 123 Å². The van der Waals surface area contributed by atoms with Crippen LogP contribution in [0.1, 0.15) is 97.0 Å². The highest BCUT2D eigenvalue weighted by Crippen LogP contribution is 2.40. The van der Waals surface area contributed by atoms with Crippen molar-refractivity contribution < 1.29 is 37.4 Å². The molecule has 5 aromatic rings. The van der Waals surface area contributed by atoms with Crippen LogP contribution in [0.4, 0.5) is 0 Å². The molecule has 0 saturated carbocycles. The quantitative estimate of drug-likeness (QED) is 0.0786. The van der Waals surface area contributed by atoms with Gasteiger partial charge >= 0.3 is 0 Å². The van der Waals surface area contributed by atoms with Crippen molar-refractivity contribution in [2.45, 2.75) is 105 Å². The lowest BCUT2D eigenvalue weighted by molar-refractivity contribution is -0.144. The molecule has 3 N–H and O–H groups in total. The molecule has 3 amide bonds. The zero-order chi connectivity index (χ0) is 49.8. The summed E-state index contributed by atoms with van der Waals surface area (Å²) in [4.78, 5) is 67.1. The zero-order valence-corrected chi connectivity index (χ0v) is 43.1. The number of hydrogen-bond donors (Lipinski definition) is 3. The van der Waals surface area contributed by atoms with E-state index in [4.69, 9.17) is 21.3 Å². The minimum absolute atomic E-state index is 0.0318. The second-order valence-electron chi connectivity index (χ2n) is 18.7. The van der Waals surface area contributed by atoms with Crippen LogP contribution in [0, 0.1) is 33.1 Å². The number of fused-ring (bicyclic) bond motifs is 3. The number of Topliss-reactive ketones (excluding diaryl/α,β-unsaturated/α-hetero) is 1. The molecule has 69 heavy (non-hydrogen) atoms. The Hall–Kier alpha value is -5.18. The molecule has 5 heterocycles. The second kappa shape index (κ2) is 21.9. The number of benzene rings is 2. The van der Waals surface area contributed by atoms with Gasteiger partial charge < -0.3 is 25.4 Å². The first kappa shape index (κ1) is 51.7. The number of β-amino-alcohol motifs (C(OH)–C–C–N with tert-alkyl or cyclic N) is 1. The van der Waals surface area contributed by atoms with E-state index in [-0.39, 0.29) is 62.7 Å². The van der Waals surface area contributed by atoms with Crippen LogP contribution in [-0.2, 0) is 40.2 Å². The summed E-state index contributed by atoms with van der Waals surface area (Å²) in [5.41, 5.74) is 7.56. The highest BCUT2D eigenvalue weighted by atomic mass is 35.5. The molecule has 2 aliphatic rings. The van der Waals surface area contributed by atoms with Gasteiger partial charge in [-0.3, -0.25) is 28.7 Å². The highest BCUT2D eigenvalue weighted by molar-refractivity contribution is 7.91. The largest absolute Gasteiger partial charge is 0.391 e. The Kier molecular flexibility index (Phi) is 16.4. The summed E-state index contributed by atoms with van der Waals surface area (Å²) < 4.78 is 33.5. The predicted octanol–water partition coefficient (Wildman–Crippen LogP) is 6.25. The van der Waals surface area contributed by atoms with Gasteiger partial charge in [0.15, 0.2) is 21.4 Å². The Morgan fingerprint density at radius 3 is 2.36 bits per heavy atom. The summed E-state index contributed by atoms with van der Waals surface area (Å²) >= 11 is 9.39. The van der Waals surface area contributed by atoms with Crippen molar-refractivity contribution in [2.75, 3.05) is 37.8 Å². The average Bonchev–Trinajstić information content (AvgIpc) is 4.06. The van der Waals surface area contributed by atoms with Crippen molar-refractivity contribution >= 4 is 73.3 Å². The number of nitrogens with zero attached hydrogens (tertiary/aromatic N) is 6. The van der Waals surface area contributed by atoms with Gasteiger partial charge in [-0.05, 0) is 74.8 Å². The Morgan fingerprint density at radius 2 is 1.68 bits per heavy atom. The number of halogens is 1. The number of carbonyl (C=O) groups is 4. The minimum Gasteiger partial charge on any atom is -0.391 e. The van der Waals surface area contributed by atoms with Crippen molar-refractivity contribution in [2.24, 2.45) is 10.4 Å². The Labute approximate surface area is 415 Å². The molecule has 1 fully saturated rings. The van der Waals surface area contributed by atoms with E-state index < -0.39 is 63.8 Å². The molecule has 2 aromatic carbocycles. The lowest BCUT2D eigenvalue weighted by Crippen LogP contribution is -2.57. The van der Waals surface area contributed by atoms with E-state index in [2.05, 4.69) is 25.8 Å². The first-order valence-electron chi connectivity index (χ1n) is 22.9. The molecule has 4 atom stereocenters. The van der Waals surface area contributed by atoms with Crippen molar-refractivity contribution in [1.82, 2.24) is 35.3 Å². The van der Waals surface area contributed by atoms with E-state index in [1.807, 2.05) is 74.2 Å². The summed E-state index contributed by atoms with van der Waals surface area (Å²) in [7, 11) is -3.61. The number of thiazole rings is 1. The van der Waals surface area contributed by atoms with Crippen LogP contribution < -0.4 is 10.6 Å². The van der Waals surface area contributed by atoms with Gasteiger partial charge in [0.1, 0.15) is 29.5 Å². The van der Waals surface area contributed by atoms with Crippen molar-refractivity contribution in [3.05, 3.63) is 104 Å². The third-order valence-electron chi connectivity index (χ3n) is 12.4. The van der Waals surface area contributed by atoms with E-state index in [1.165, 1.54) is 4.90 Å². The van der Waals surface area contributed by atoms with Crippen LogP contribution in [0.5, 0.6) is 0 Å². The van der Waals surface area contributed by atoms with Gasteiger partial charge in [-0.1, -0.05) is 68.8 Å². The molecule has 20 heteroatoms. The predicted molar refractivity (Wildman–Crippen MR) is 268 cm³/mol. The van der Waals surface area contributed by atoms with E-state index in [0.29, 0.717) is 28.8 Å². The third-order valence-corrected chi connectivity index (χ3v) is 16.6. The fourth-order valence-corrected chi connectivity index (χ4v) is 11.9. The number of aryl methyl sites for hydroxylation is 4. The summed E-state index contributed by atoms with van der Waals surface area (Å²) in [6.07, 6.45) is -0.124. The smallest absolute Gasteiger partial charge is 0.246 e. The lowest BCUT2D eigenvalue weighted by Gasteiger charge is -2.35. The van der Waals surface area contributed by atoms with Gasteiger partial charge in [0, 0.05) is 53.6 Å². The number of sulfone groups is 1. The molecule has 0 aliphatic carbocycles. The maximum Gasteiger partial charge on any atom is 0.246 e. The average molecular weight is 1020 g/mol. The van der Waals surface area contributed by atoms with Gasteiger partial charge in [0.25, 0.3) is 0 Å². The van der Waals surface area contributed by atoms with Gasteiger partial charge in [-0.15, -0.1) is 32.9 Å². The number of aromatic nitrogens is 4. The van der Waals surface area contributed by atoms with Crippen molar-refractivity contribution in [1.29, 1.82) is 0 Å². The Bertz CT molecular complexity index is 2830. The molecule has 1 saturated heterocycles. The molecule has 3 aromatic heterocycles. The number of amides is 3. The number of ether oxygens (including phenoxy) is 1. The molecule has 1 unspecified atom stereocenters. The van der Waals surface area contributed by atoms with Gasteiger partial charge in [0.2, 0.25) is 17.7 Å². The third kappa shape index (κ3) is 12.4. The molecule has 368 valence electrons. The van der Waals surface area contributed by atoms with Gasteiger partial charge in [-0.2, -0.15) is 0 Å². The SMILES string of the molecule is Cc1ncsc1-c1ccc(CCC(=O)[C@@H]2C[C@@H](O)CN2C(=O)[C@@H](NC(=O)COCCCS(=O)(=O)CCNC(=O)CC2N=C(c3ccc(Cl)cc3)c3c(sc(C)c3C)-n3c(C)nnc32)C(C)(C)C)cc1. The second-order valence-corrected chi connectivity index (χ2v) is 23.5. The number of aliphatic hydroxyl groups excluding tert-OH is 1. The Balaban J connectivity index is 0.863. The standard InChI is InChI=1S/C49H59ClN8O8S3/c1-28-30(3)68-48-42(28)43(33-14-16-35(50)17-15-33)53-37(46-56-55-31(4)58(46)48)24-40(61)51-19-22-69(64,65)21-8-20-66-26-41(62)54-45(49(5,6)7)47(63)57-25-36(59)23-38(57)39(60)18-11-32-9-12-34(13-10-32)44-29(2)52-27-67-44/h9-10,12-17,27,36-38,45,59H,8,11,18-26H2,1-7H3,(H,51,61)(H,54,62)/t36-,37?,38+,45-/m1/s1. The normalized spacial score (nSPS) is 17.4. The summed E-state index contributed by atoms with van der Waals surface area (Å²) in [5, 5.41) is 26.4. The van der Waals surface area contributed by atoms with Crippen LogP contribution in [0.2, 0.25) is 5.02 Å². The fourth-order valence-electron chi connectivity index (χ4n) is 8.59. The van der Waals surface area contributed by atoms with Crippen LogP contribution in [0.25, 0.3) is 15.4 Å². The number of likely N-dealkylation sites (tertiary alicyclic amines) is 1. The fraction of sp³-hybridized carbons (Fsp3) is 0.469. The van der Waals surface area contributed by atoms with E-state index >= 15 is 0 Å². The number of nitrogens with one attached hydrogen (secondary N) is 2. The topological polar surface area (TPSA) is 215 Å². The molecule has 16 nitrogen and oxygen atoms in total. The number of carbonyl (C=O) groups excluding carboxylic acids is 4. The number of thiophene rings is 1. The zero-order valence-electron chi connectivity index (χ0n) is 39.9. The molecule has 0 spiro atoms. The summed E-state index contributed by atoms with van der Waals surface area (Å²) in [5.74, 6) is -1.00. The van der Waals surface area contributed by atoms with E-state index in [1.54, 1.807) is 55.6 Å². The number of hydrogen-bond acceptors (Lipinski definition) is 14. The molecular weight excluding hydrogens is 960 g/mol. The summed E-state index contributed by atoms with van der Waals surface area (Å²) in [6.45, 7) is 12.7. The van der Waals surface area contributed by atoms with Crippen LogP contribution in [0.3, 0.4) is 0 Å². The van der Waals surface area contributed by atoms with E-state index in [9.17, 15) is 32.7 Å².